The molecule has 2 N–H and O–H groups in total. The van der Waals surface area contributed by atoms with Crippen molar-refractivity contribution in [1.29, 1.82) is 0 Å². The molecule has 2 heterocycles. The third-order valence-electron chi connectivity index (χ3n) is 4.11. The van der Waals surface area contributed by atoms with E-state index in [1.54, 1.807) is 29.3 Å². The Kier molecular flexibility index (Phi) is 5.23. The third kappa shape index (κ3) is 4.32. The number of carbonyl (C=O) groups is 2. The lowest BCUT2D eigenvalue weighted by atomic mass is 10.0. The summed E-state index contributed by atoms with van der Waals surface area (Å²) in [6.45, 7) is 1.40. The van der Waals surface area contributed by atoms with Gasteiger partial charge in [-0.2, -0.15) is 0 Å². The number of carbonyl (C=O) groups excluding carboxylic acids is 2. The van der Waals surface area contributed by atoms with Gasteiger partial charge in [0, 0.05) is 32.0 Å². The number of nitrogens with zero attached hydrogens (tertiary/aromatic N) is 2. The Morgan fingerprint density at radius 1 is 1.36 bits per heavy atom. The van der Waals surface area contributed by atoms with Gasteiger partial charge in [0.25, 0.3) is 5.91 Å². The first kappa shape index (κ1) is 16.9. The molecule has 1 aliphatic rings. The Labute approximate surface area is 145 Å². The Morgan fingerprint density at radius 2 is 2.24 bits per heavy atom. The molecule has 1 saturated heterocycles. The molecule has 25 heavy (non-hydrogen) atoms. The highest BCUT2D eigenvalue weighted by molar-refractivity contribution is 5.93. The Balaban J connectivity index is 1.70. The van der Waals surface area contributed by atoms with Gasteiger partial charge in [0.1, 0.15) is 5.82 Å². The van der Waals surface area contributed by atoms with Crippen molar-refractivity contribution in [1.82, 2.24) is 20.5 Å². The summed E-state index contributed by atoms with van der Waals surface area (Å²) in [4.78, 5) is 29.8. The molecule has 1 fully saturated rings. The van der Waals surface area contributed by atoms with Crippen molar-refractivity contribution < 1.29 is 14.0 Å². The first-order valence-corrected chi connectivity index (χ1v) is 8.10. The number of hydrogen-bond donors (Lipinski definition) is 2. The molecular formula is C18H19FN4O2. The monoisotopic (exact) mass is 342 g/mol. The second kappa shape index (κ2) is 7.74. The fraction of sp³-hybridized carbons (Fsp3) is 0.278. The van der Waals surface area contributed by atoms with Crippen LogP contribution in [0, 0.1) is 5.82 Å². The number of urea groups is 1. The highest BCUT2D eigenvalue weighted by Gasteiger charge is 2.28. The number of aromatic nitrogens is 1. The molecule has 3 amide bonds. The third-order valence-corrected chi connectivity index (χ3v) is 4.11. The van der Waals surface area contributed by atoms with E-state index in [-0.39, 0.29) is 30.3 Å². The number of amides is 3. The van der Waals surface area contributed by atoms with Crippen LogP contribution in [0.1, 0.15) is 15.9 Å². The molecule has 0 unspecified atom stereocenters. The maximum Gasteiger partial charge on any atom is 0.317 e. The highest BCUT2D eigenvalue weighted by Crippen LogP contribution is 2.13. The van der Waals surface area contributed by atoms with Gasteiger partial charge in [0.15, 0.2) is 0 Å². The van der Waals surface area contributed by atoms with Crippen LogP contribution in [0.25, 0.3) is 0 Å². The minimum Gasteiger partial charge on any atom is -0.350 e. The Bertz CT molecular complexity index is 754. The number of hydrogen-bond acceptors (Lipinski definition) is 3. The minimum atomic E-state index is -0.318. The molecule has 0 saturated carbocycles. The SMILES string of the molecule is O=C(NC[C@H](Cc1cccc(F)c1)N1CCNC1=O)c1cccnc1. The topological polar surface area (TPSA) is 74.3 Å². The van der Waals surface area contributed by atoms with E-state index < -0.39 is 0 Å². The largest absolute Gasteiger partial charge is 0.350 e. The van der Waals surface area contributed by atoms with Crippen molar-refractivity contribution >= 4 is 11.9 Å². The fourth-order valence-electron chi connectivity index (χ4n) is 2.87. The summed E-state index contributed by atoms with van der Waals surface area (Å²) in [7, 11) is 0. The lowest BCUT2D eigenvalue weighted by molar-refractivity contribution is 0.0940. The van der Waals surface area contributed by atoms with Crippen LogP contribution in [0.15, 0.2) is 48.8 Å². The predicted molar refractivity (Wildman–Crippen MR) is 90.6 cm³/mol. The lowest BCUT2D eigenvalue weighted by Crippen LogP contribution is -2.46. The van der Waals surface area contributed by atoms with Crippen LogP contribution in [0.4, 0.5) is 9.18 Å². The number of nitrogens with one attached hydrogen (secondary N) is 2. The molecule has 2 aromatic rings. The van der Waals surface area contributed by atoms with Crippen molar-refractivity contribution in [2.24, 2.45) is 0 Å². The van der Waals surface area contributed by atoms with E-state index in [1.807, 2.05) is 6.07 Å². The maximum absolute atomic E-state index is 13.4. The van der Waals surface area contributed by atoms with Crippen molar-refractivity contribution in [3.05, 3.63) is 65.7 Å². The fourth-order valence-corrected chi connectivity index (χ4v) is 2.87. The molecular weight excluding hydrogens is 323 g/mol. The Morgan fingerprint density at radius 3 is 2.92 bits per heavy atom. The molecule has 7 heteroatoms. The summed E-state index contributed by atoms with van der Waals surface area (Å²) in [6.07, 6.45) is 3.54. The predicted octanol–water partition coefficient (Wildman–Crippen LogP) is 1.59. The van der Waals surface area contributed by atoms with E-state index in [1.165, 1.54) is 18.3 Å². The zero-order chi connectivity index (χ0) is 17.6. The van der Waals surface area contributed by atoms with E-state index in [2.05, 4.69) is 15.6 Å². The minimum absolute atomic E-state index is 0.169. The molecule has 6 nitrogen and oxygen atoms in total. The van der Waals surface area contributed by atoms with E-state index >= 15 is 0 Å². The highest BCUT2D eigenvalue weighted by atomic mass is 19.1. The maximum atomic E-state index is 13.4. The van der Waals surface area contributed by atoms with Crippen molar-refractivity contribution in [3.8, 4) is 0 Å². The van der Waals surface area contributed by atoms with E-state index in [0.29, 0.717) is 25.1 Å². The quantitative estimate of drug-likeness (QED) is 0.837. The van der Waals surface area contributed by atoms with Crippen LogP contribution in [-0.2, 0) is 6.42 Å². The second-order valence-corrected chi connectivity index (χ2v) is 5.86. The van der Waals surface area contributed by atoms with Crippen LogP contribution in [-0.4, -0.2) is 47.5 Å². The molecule has 1 atom stereocenters. The number of pyridine rings is 1. The van der Waals surface area contributed by atoms with E-state index in [9.17, 15) is 14.0 Å². The first-order valence-electron chi connectivity index (χ1n) is 8.10. The summed E-state index contributed by atoms with van der Waals surface area (Å²) in [5.74, 6) is -0.571. The molecule has 3 rings (SSSR count). The normalized spacial score (nSPS) is 14.9. The van der Waals surface area contributed by atoms with Gasteiger partial charge in [0.2, 0.25) is 0 Å². The lowest BCUT2D eigenvalue weighted by Gasteiger charge is -2.27. The molecule has 130 valence electrons. The van der Waals surface area contributed by atoms with Crippen molar-refractivity contribution in [3.63, 3.8) is 0 Å². The zero-order valence-corrected chi connectivity index (χ0v) is 13.6. The van der Waals surface area contributed by atoms with E-state index in [4.69, 9.17) is 0 Å². The van der Waals surface area contributed by atoms with Gasteiger partial charge in [-0.1, -0.05) is 12.1 Å². The van der Waals surface area contributed by atoms with Crippen LogP contribution in [0.2, 0.25) is 0 Å². The van der Waals surface area contributed by atoms with E-state index in [0.717, 1.165) is 5.56 Å². The molecule has 0 bridgehead atoms. The zero-order valence-electron chi connectivity index (χ0n) is 13.6. The number of halogens is 1. The first-order chi connectivity index (χ1) is 12.1. The number of rotatable bonds is 6. The molecule has 0 aliphatic carbocycles. The van der Waals surface area contributed by atoms with Gasteiger partial charge < -0.3 is 15.5 Å². The molecule has 0 spiro atoms. The summed E-state index contributed by atoms with van der Waals surface area (Å²) >= 11 is 0. The summed E-state index contributed by atoms with van der Waals surface area (Å²) in [5.41, 5.74) is 1.23. The van der Waals surface area contributed by atoms with Crippen LogP contribution >= 0.6 is 0 Å². The van der Waals surface area contributed by atoms with Gasteiger partial charge in [-0.15, -0.1) is 0 Å². The standard InChI is InChI=1S/C18H19FN4O2/c19-15-5-1-3-13(9-15)10-16(23-8-7-21-18(23)25)12-22-17(24)14-4-2-6-20-11-14/h1-6,9,11,16H,7-8,10,12H2,(H,21,25)(H,22,24)/t16-/m0/s1. The Hall–Kier alpha value is -2.96. The smallest absolute Gasteiger partial charge is 0.317 e. The average Bonchev–Trinajstić information content (AvgIpc) is 3.05. The van der Waals surface area contributed by atoms with Gasteiger partial charge in [0.05, 0.1) is 11.6 Å². The van der Waals surface area contributed by atoms with Crippen molar-refractivity contribution in [2.75, 3.05) is 19.6 Å². The van der Waals surface area contributed by atoms with Crippen LogP contribution in [0.5, 0.6) is 0 Å². The van der Waals surface area contributed by atoms with Gasteiger partial charge in [-0.05, 0) is 36.2 Å². The molecule has 0 radical (unpaired) electrons. The summed E-state index contributed by atoms with van der Waals surface area (Å²) in [5, 5.41) is 5.59. The molecule has 1 aliphatic heterocycles. The van der Waals surface area contributed by atoms with Crippen molar-refractivity contribution in [2.45, 2.75) is 12.5 Å². The van der Waals surface area contributed by atoms with Crippen LogP contribution < -0.4 is 10.6 Å². The second-order valence-electron chi connectivity index (χ2n) is 5.86. The van der Waals surface area contributed by atoms with Gasteiger partial charge >= 0.3 is 6.03 Å². The average molecular weight is 342 g/mol. The summed E-state index contributed by atoms with van der Waals surface area (Å²) < 4.78 is 13.4. The molecule has 1 aromatic heterocycles. The summed E-state index contributed by atoms with van der Waals surface area (Å²) in [6, 6.07) is 9.21. The van der Waals surface area contributed by atoms with Crippen LogP contribution in [0.3, 0.4) is 0 Å². The van der Waals surface area contributed by atoms with Gasteiger partial charge in [-0.3, -0.25) is 9.78 Å². The van der Waals surface area contributed by atoms with Gasteiger partial charge in [-0.25, -0.2) is 9.18 Å². The molecule has 1 aromatic carbocycles. The number of benzene rings is 1.